The summed E-state index contributed by atoms with van der Waals surface area (Å²) in [6, 6.07) is 9.60. The van der Waals surface area contributed by atoms with Crippen LogP contribution >= 0.6 is 0 Å². The third kappa shape index (κ3) is 4.48. The highest BCUT2D eigenvalue weighted by Crippen LogP contribution is 2.17. The first-order valence-corrected chi connectivity index (χ1v) is 8.08. The zero-order chi connectivity index (χ0) is 17.7. The van der Waals surface area contributed by atoms with Crippen molar-refractivity contribution in [3.05, 3.63) is 35.9 Å². The van der Waals surface area contributed by atoms with Gasteiger partial charge in [0.15, 0.2) is 0 Å². The number of hydrogen-bond acceptors (Lipinski definition) is 4. The third-order valence-electron chi connectivity index (χ3n) is 3.74. The van der Waals surface area contributed by atoms with Gasteiger partial charge in [0.25, 0.3) is 0 Å². The molecule has 1 fully saturated rings. The molecule has 0 unspecified atom stereocenters. The van der Waals surface area contributed by atoms with Crippen LogP contribution in [0.2, 0.25) is 0 Å². The molecule has 1 aromatic rings. The summed E-state index contributed by atoms with van der Waals surface area (Å²) < 4.78 is 5.46. The first kappa shape index (κ1) is 17.8. The van der Waals surface area contributed by atoms with E-state index < -0.39 is 5.60 Å². The number of piperazine rings is 1. The van der Waals surface area contributed by atoms with E-state index >= 15 is 0 Å². The molecule has 0 aliphatic carbocycles. The van der Waals surface area contributed by atoms with Gasteiger partial charge in [0.05, 0.1) is 0 Å². The predicted octanol–water partition coefficient (Wildman–Crippen LogP) is 2.86. The summed E-state index contributed by atoms with van der Waals surface area (Å²) in [5, 5.41) is 9.01. The first-order chi connectivity index (χ1) is 11.3. The third-order valence-corrected chi connectivity index (χ3v) is 3.74. The van der Waals surface area contributed by atoms with Gasteiger partial charge >= 0.3 is 6.09 Å². The van der Waals surface area contributed by atoms with Crippen LogP contribution in [-0.4, -0.2) is 53.0 Å². The largest absolute Gasteiger partial charge is 0.444 e. The number of benzene rings is 1. The molecule has 6 heteroatoms. The number of carbonyl (C=O) groups is 1. The van der Waals surface area contributed by atoms with Crippen molar-refractivity contribution in [1.82, 2.24) is 9.80 Å². The quantitative estimate of drug-likeness (QED) is 0.451. The van der Waals surface area contributed by atoms with Gasteiger partial charge < -0.3 is 14.5 Å². The molecular weight excluding hydrogens is 304 g/mol. The highest BCUT2D eigenvalue weighted by molar-refractivity contribution is 5.99. The van der Waals surface area contributed by atoms with Crippen LogP contribution in [0.3, 0.4) is 0 Å². The molecular formula is C18H24N4O2. The predicted molar refractivity (Wildman–Crippen MR) is 92.6 cm³/mol. The minimum Gasteiger partial charge on any atom is -0.444 e. The molecule has 0 radical (unpaired) electrons. The van der Waals surface area contributed by atoms with Crippen LogP contribution in [-0.2, 0) is 4.74 Å². The summed E-state index contributed by atoms with van der Waals surface area (Å²) in [7, 11) is 0. The summed E-state index contributed by atoms with van der Waals surface area (Å²) in [4.78, 5) is 20.1. The second kappa shape index (κ2) is 7.35. The van der Waals surface area contributed by atoms with Gasteiger partial charge in [0.2, 0.25) is 6.19 Å². The number of amides is 1. The molecule has 128 valence electrons. The van der Waals surface area contributed by atoms with Gasteiger partial charge in [-0.05, 0) is 27.7 Å². The molecule has 1 atom stereocenters. The Hall–Kier alpha value is -2.55. The van der Waals surface area contributed by atoms with Gasteiger partial charge in [0.1, 0.15) is 11.4 Å². The summed E-state index contributed by atoms with van der Waals surface area (Å²) >= 11 is 0. The normalized spacial score (nSPS) is 19.0. The van der Waals surface area contributed by atoms with Crippen LogP contribution < -0.4 is 0 Å². The summed E-state index contributed by atoms with van der Waals surface area (Å²) in [5.41, 5.74) is 0.391. The minimum absolute atomic E-state index is 0.0267. The van der Waals surface area contributed by atoms with Crippen LogP contribution in [0, 0.1) is 11.5 Å². The molecule has 1 amide bonds. The van der Waals surface area contributed by atoms with Crippen molar-refractivity contribution in [3.8, 4) is 6.19 Å². The molecule has 2 rings (SSSR count). The maximum absolute atomic E-state index is 12.3. The van der Waals surface area contributed by atoms with E-state index in [1.807, 2.05) is 69.1 Å². The fourth-order valence-electron chi connectivity index (χ4n) is 2.69. The van der Waals surface area contributed by atoms with E-state index in [0.29, 0.717) is 25.5 Å². The van der Waals surface area contributed by atoms with E-state index in [-0.39, 0.29) is 12.1 Å². The summed E-state index contributed by atoms with van der Waals surface area (Å²) in [6.07, 6.45) is 1.59. The number of aliphatic imine (C=N–C) groups is 1. The Labute approximate surface area is 143 Å². The Kier molecular flexibility index (Phi) is 5.45. The van der Waals surface area contributed by atoms with E-state index in [2.05, 4.69) is 4.99 Å². The Morgan fingerprint density at radius 1 is 1.29 bits per heavy atom. The Morgan fingerprint density at radius 3 is 2.50 bits per heavy atom. The number of amidine groups is 1. The standard InChI is InChI=1S/C18H24N4O2/c1-14-12-21(10-11-22(14)17(23)24-18(2,3)4)16(20-13-19)15-8-6-5-7-9-15/h5-9,14H,10-12H2,1-4H3/b20-16+/t14-/m0/s1. The van der Waals surface area contributed by atoms with Crippen molar-refractivity contribution in [3.63, 3.8) is 0 Å². The molecule has 0 aromatic heterocycles. The Morgan fingerprint density at radius 2 is 1.96 bits per heavy atom. The van der Waals surface area contributed by atoms with E-state index in [0.717, 1.165) is 5.56 Å². The van der Waals surface area contributed by atoms with Crippen LogP contribution in [0.5, 0.6) is 0 Å². The lowest BCUT2D eigenvalue weighted by Crippen LogP contribution is -2.56. The first-order valence-electron chi connectivity index (χ1n) is 8.08. The number of hydrogen-bond donors (Lipinski definition) is 0. The van der Waals surface area contributed by atoms with Gasteiger partial charge in [-0.2, -0.15) is 10.3 Å². The van der Waals surface area contributed by atoms with Crippen molar-refractivity contribution in [1.29, 1.82) is 5.26 Å². The number of rotatable bonds is 1. The lowest BCUT2D eigenvalue weighted by Gasteiger charge is -2.41. The van der Waals surface area contributed by atoms with Crippen molar-refractivity contribution in [2.24, 2.45) is 4.99 Å². The number of ether oxygens (including phenoxy) is 1. The van der Waals surface area contributed by atoms with Crippen molar-refractivity contribution in [2.75, 3.05) is 19.6 Å². The van der Waals surface area contributed by atoms with E-state index in [1.165, 1.54) is 0 Å². The fraction of sp³-hybridized carbons (Fsp3) is 0.500. The van der Waals surface area contributed by atoms with Gasteiger partial charge in [-0.3, -0.25) is 0 Å². The number of nitriles is 1. The molecule has 1 aliphatic heterocycles. The van der Waals surface area contributed by atoms with E-state index in [4.69, 9.17) is 10.00 Å². The highest BCUT2D eigenvalue weighted by Gasteiger charge is 2.32. The Bertz CT molecular complexity index is 643. The molecule has 0 saturated carbocycles. The topological polar surface area (TPSA) is 68.9 Å². The minimum atomic E-state index is -0.509. The number of nitrogens with zero attached hydrogens (tertiary/aromatic N) is 4. The molecule has 0 spiro atoms. The smallest absolute Gasteiger partial charge is 0.410 e. The molecule has 1 aromatic carbocycles. The van der Waals surface area contributed by atoms with Crippen molar-refractivity contribution < 1.29 is 9.53 Å². The molecule has 1 heterocycles. The van der Waals surface area contributed by atoms with Crippen LogP contribution in [0.25, 0.3) is 0 Å². The average Bonchev–Trinajstić information content (AvgIpc) is 2.51. The van der Waals surface area contributed by atoms with Gasteiger partial charge in [-0.1, -0.05) is 30.3 Å². The summed E-state index contributed by atoms with van der Waals surface area (Å²) in [6.45, 7) is 9.31. The molecule has 0 N–H and O–H groups in total. The maximum atomic E-state index is 12.3. The van der Waals surface area contributed by atoms with Gasteiger partial charge in [-0.15, -0.1) is 0 Å². The number of carbonyl (C=O) groups excluding carboxylic acids is 1. The summed E-state index contributed by atoms with van der Waals surface area (Å²) in [5.74, 6) is 0.647. The lowest BCUT2D eigenvalue weighted by molar-refractivity contribution is 0.00777. The molecule has 0 bridgehead atoms. The monoisotopic (exact) mass is 328 g/mol. The lowest BCUT2D eigenvalue weighted by atomic mass is 10.1. The zero-order valence-corrected chi connectivity index (χ0v) is 14.7. The van der Waals surface area contributed by atoms with E-state index in [9.17, 15) is 4.79 Å². The second-order valence-corrected chi connectivity index (χ2v) is 6.87. The van der Waals surface area contributed by atoms with Crippen molar-refractivity contribution >= 4 is 11.9 Å². The fourth-order valence-corrected chi connectivity index (χ4v) is 2.69. The molecule has 1 aliphatic rings. The molecule has 1 saturated heterocycles. The second-order valence-electron chi connectivity index (χ2n) is 6.87. The molecule has 6 nitrogen and oxygen atoms in total. The van der Waals surface area contributed by atoms with Crippen LogP contribution in [0.4, 0.5) is 4.79 Å². The van der Waals surface area contributed by atoms with Crippen molar-refractivity contribution in [2.45, 2.75) is 39.3 Å². The van der Waals surface area contributed by atoms with E-state index in [1.54, 1.807) is 4.90 Å². The Balaban J connectivity index is 2.10. The zero-order valence-electron chi connectivity index (χ0n) is 14.7. The van der Waals surface area contributed by atoms with Crippen LogP contribution in [0.15, 0.2) is 35.3 Å². The highest BCUT2D eigenvalue weighted by atomic mass is 16.6. The maximum Gasteiger partial charge on any atom is 0.410 e. The van der Waals surface area contributed by atoms with Crippen LogP contribution in [0.1, 0.15) is 33.3 Å². The van der Waals surface area contributed by atoms with Gasteiger partial charge in [0, 0.05) is 31.2 Å². The molecule has 24 heavy (non-hydrogen) atoms. The SMILES string of the molecule is C[C@H]1CN(/C(=N/C#N)c2ccccc2)CCN1C(=O)OC(C)(C)C. The average molecular weight is 328 g/mol. The van der Waals surface area contributed by atoms with Gasteiger partial charge in [-0.25, -0.2) is 4.79 Å².